The van der Waals surface area contributed by atoms with Crippen LogP contribution in [-0.4, -0.2) is 43.7 Å². The number of carbonyl (C=O) groups excluding carboxylic acids is 1. The van der Waals surface area contributed by atoms with E-state index >= 15 is 0 Å². The fourth-order valence-electron chi connectivity index (χ4n) is 2.19. The van der Waals surface area contributed by atoms with Crippen molar-refractivity contribution in [3.05, 3.63) is 36.2 Å². The van der Waals surface area contributed by atoms with Crippen molar-refractivity contribution in [2.24, 2.45) is 5.92 Å². The normalized spacial score (nSPS) is 11.9. The summed E-state index contributed by atoms with van der Waals surface area (Å²) in [5.41, 5.74) is 1.63. The zero-order valence-electron chi connectivity index (χ0n) is 12.8. The van der Waals surface area contributed by atoms with Crippen LogP contribution in [0, 0.1) is 5.92 Å². The Morgan fingerprint density at radius 3 is 2.61 bits per heavy atom. The van der Waals surface area contributed by atoms with Crippen LogP contribution < -0.4 is 5.32 Å². The molecule has 1 aromatic heterocycles. The van der Waals surface area contributed by atoms with Gasteiger partial charge < -0.3 is 10.4 Å². The second-order valence-electron chi connectivity index (χ2n) is 5.23. The van der Waals surface area contributed by atoms with Crippen molar-refractivity contribution in [1.82, 2.24) is 25.5 Å². The lowest BCUT2D eigenvalue weighted by Gasteiger charge is -2.12. The van der Waals surface area contributed by atoms with Crippen LogP contribution in [0.25, 0.3) is 5.69 Å². The first-order chi connectivity index (χ1) is 11.1. The molecule has 1 heterocycles. The third kappa shape index (κ3) is 4.87. The van der Waals surface area contributed by atoms with Crippen LogP contribution >= 0.6 is 0 Å². The summed E-state index contributed by atoms with van der Waals surface area (Å²) in [4.78, 5) is 23.0. The summed E-state index contributed by atoms with van der Waals surface area (Å²) in [6, 6.07) is 7.26. The highest BCUT2D eigenvalue weighted by Gasteiger charge is 2.17. The van der Waals surface area contributed by atoms with Gasteiger partial charge in [-0.15, -0.1) is 5.10 Å². The molecule has 2 aromatic rings. The van der Waals surface area contributed by atoms with Gasteiger partial charge in [0.1, 0.15) is 6.33 Å². The van der Waals surface area contributed by atoms with E-state index < -0.39 is 11.9 Å². The van der Waals surface area contributed by atoms with Crippen LogP contribution in [0.1, 0.15) is 25.3 Å². The quantitative estimate of drug-likeness (QED) is 0.746. The highest BCUT2D eigenvalue weighted by molar-refractivity contribution is 5.79. The van der Waals surface area contributed by atoms with Crippen LogP contribution in [-0.2, 0) is 16.0 Å². The molecule has 23 heavy (non-hydrogen) atoms. The van der Waals surface area contributed by atoms with Crippen molar-refractivity contribution >= 4 is 11.9 Å². The molecule has 1 amide bonds. The third-order valence-corrected chi connectivity index (χ3v) is 3.45. The van der Waals surface area contributed by atoms with Gasteiger partial charge >= 0.3 is 5.97 Å². The number of tetrazole rings is 1. The van der Waals surface area contributed by atoms with Crippen LogP contribution in [0.3, 0.4) is 0 Å². The number of hydrogen-bond acceptors (Lipinski definition) is 5. The van der Waals surface area contributed by atoms with Gasteiger partial charge in [0.2, 0.25) is 5.91 Å². The third-order valence-electron chi connectivity index (χ3n) is 3.45. The lowest BCUT2D eigenvalue weighted by Crippen LogP contribution is -2.33. The Morgan fingerprint density at radius 2 is 2.04 bits per heavy atom. The van der Waals surface area contributed by atoms with Crippen LogP contribution in [0.15, 0.2) is 30.6 Å². The number of aliphatic carboxylic acids is 1. The summed E-state index contributed by atoms with van der Waals surface area (Å²) in [5.74, 6) is -1.60. The zero-order valence-corrected chi connectivity index (χ0v) is 12.8. The predicted octanol–water partition coefficient (Wildman–Crippen LogP) is 0.822. The van der Waals surface area contributed by atoms with Gasteiger partial charge in [-0.1, -0.05) is 25.5 Å². The fraction of sp³-hybridized carbons (Fsp3) is 0.400. The van der Waals surface area contributed by atoms with Crippen LogP contribution in [0.5, 0.6) is 0 Å². The second kappa shape index (κ2) is 8.02. The standard InChI is InChI=1S/C15H19N5O3/c1-2-3-12(15(22)23)9-16-14(21)8-11-4-6-13(7-5-11)20-10-17-18-19-20/h4-7,10,12H,2-3,8-9H2,1H3,(H,16,21)(H,22,23). The number of amides is 1. The topological polar surface area (TPSA) is 110 Å². The van der Waals surface area contributed by atoms with E-state index in [0.717, 1.165) is 17.7 Å². The van der Waals surface area contributed by atoms with E-state index in [4.69, 9.17) is 5.11 Å². The predicted molar refractivity (Wildman–Crippen MR) is 81.9 cm³/mol. The smallest absolute Gasteiger partial charge is 0.308 e. The monoisotopic (exact) mass is 317 g/mol. The van der Waals surface area contributed by atoms with Crippen LogP contribution in [0.2, 0.25) is 0 Å². The van der Waals surface area contributed by atoms with Crippen molar-refractivity contribution in [2.75, 3.05) is 6.54 Å². The molecule has 0 saturated heterocycles. The number of carboxylic acids is 1. The first-order valence-corrected chi connectivity index (χ1v) is 7.42. The van der Waals surface area contributed by atoms with E-state index in [1.165, 1.54) is 11.0 Å². The van der Waals surface area contributed by atoms with E-state index in [0.29, 0.717) is 6.42 Å². The molecule has 2 rings (SSSR count). The average Bonchev–Trinajstić information content (AvgIpc) is 3.06. The molecule has 1 aromatic carbocycles. The molecule has 0 aliphatic rings. The number of aromatic nitrogens is 4. The Bertz CT molecular complexity index is 640. The van der Waals surface area contributed by atoms with Crippen LogP contribution in [0.4, 0.5) is 0 Å². The molecule has 0 bridgehead atoms. The SMILES string of the molecule is CCCC(CNC(=O)Cc1ccc(-n2cnnn2)cc1)C(=O)O. The summed E-state index contributed by atoms with van der Waals surface area (Å²) >= 11 is 0. The van der Waals surface area contributed by atoms with Gasteiger partial charge in [0, 0.05) is 6.54 Å². The van der Waals surface area contributed by atoms with Crippen molar-refractivity contribution in [1.29, 1.82) is 0 Å². The molecule has 0 saturated carbocycles. The summed E-state index contributed by atoms with van der Waals surface area (Å²) in [6.07, 6.45) is 3.01. The Morgan fingerprint density at radius 1 is 1.30 bits per heavy atom. The summed E-state index contributed by atoms with van der Waals surface area (Å²) in [7, 11) is 0. The number of nitrogens with one attached hydrogen (secondary N) is 1. The molecule has 1 atom stereocenters. The van der Waals surface area contributed by atoms with Gasteiger partial charge in [0.05, 0.1) is 18.0 Å². The molecule has 0 radical (unpaired) electrons. The first kappa shape index (κ1) is 16.6. The Balaban J connectivity index is 1.86. The van der Waals surface area contributed by atoms with Gasteiger partial charge in [0.25, 0.3) is 0 Å². The summed E-state index contributed by atoms with van der Waals surface area (Å²) in [6.45, 7) is 2.08. The molecule has 122 valence electrons. The largest absolute Gasteiger partial charge is 0.481 e. The number of hydrogen-bond donors (Lipinski definition) is 2. The molecule has 2 N–H and O–H groups in total. The fourth-order valence-corrected chi connectivity index (χ4v) is 2.19. The van der Waals surface area contributed by atoms with Gasteiger partial charge in [-0.3, -0.25) is 9.59 Å². The highest BCUT2D eigenvalue weighted by atomic mass is 16.4. The number of carboxylic acid groups (broad SMARTS) is 1. The van der Waals surface area contributed by atoms with E-state index in [1.54, 1.807) is 0 Å². The molecule has 0 spiro atoms. The average molecular weight is 317 g/mol. The van der Waals surface area contributed by atoms with E-state index in [1.807, 2.05) is 31.2 Å². The lowest BCUT2D eigenvalue weighted by atomic mass is 10.0. The number of carbonyl (C=O) groups is 2. The molecule has 1 unspecified atom stereocenters. The molecule has 8 nitrogen and oxygen atoms in total. The highest BCUT2D eigenvalue weighted by Crippen LogP contribution is 2.09. The van der Waals surface area contributed by atoms with Crippen molar-refractivity contribution in [3.8, 4) is 5.69 Å². The Labute approximate surface area is 133 Å². The molecule has 0 aliphatic carbocycles. The minimum Gasteiger partial charge on any atom is -0.481 e. The minimum atomic E-state index is -0.877. The number of rotatable bonds is 8. The number of nitrogens with zero attached hydrogens (tertiary/aromatic N) is 4. The van der Waals surface area contributed by atoms with Gasteiger partial charge in [0.15, 0.2) is 0 Å². The Kier molecular flexibility index (Phi) is 5.79. The van der Waals surface area contributed by atoms with E-state index in [-0.39, 0.29) is 18.9 Å². The minimum absolute atomic E-state index is 0.157. The molecular weight excluding hydrogens is 298 g/mol. The van der Waals surface area contributed by atoms with Gasteiger partial charge in [-0.05, 0) is 34.5 Å². The maximum Gasteiger partial charge on any atom is 0.308 e. The maximum atomic E-state index is 11.9. The second-order valence-corrected chi connectivity index (χ2v) is 5.23. The first-order valence-electron chi connectivity index (χ1n) is 7.42. The lowest BCUT2D eigenvalue weighted by molar-refractivity contribution is -0.141. The van der Waals surface area contributed by atoms with Gasteiger partial charge in [-0.25, -0.2) is 4.68 Å². The summed E-state index contributed by atoms with van der Waals surface area (Å²) < 4.78 is 1.52. The van der Waals surface area contributed by atoms with Crippen molar-refractivity contribution in [3.63, 3.8) is 0 Å². The van der Waals surface area contributed by atoms with Gasteiger partial charge in [-0.2, -0.15) is 0 Å². The Hall–Kier alpha value is -2.77. The van der Waals surface area contributed by atoms with Crippen molar-refractivity contribution < 1.29 is 14.7 Å². The molecule has 8 heteroatoms. The maximum absolute atomic E-state index is 11.9. The van der Waals surface area contributed by atoms with E-state index in [2.05, 4.69) is 20.8 Å². The van der Waals surface area contributed by atoms with Crippen molar-refractivity contribution in [2.45, 2.75) is 26.2 Å². The molecule has 0 fully saturated rings. The van der Waals surface area contributed by atoms with E-state index in [9.17, 15) is 9.59 Å². The number of benzene rings is 1. The molecule has 0 aliphatic heterocycles. The zero-order chi connectivity index (χ0) is 16.7. The molecular formula is C15H19N5O3. The summed E-state index contributed by atoms with van der Waals surface area (Å²) in [5, 5.41) is 22.6.